The molecule has 0 bridgehead atoms. The Morgan fingerprint density at radius 2 is 2.00 bits per heavy atom. The van der Waals surface area contributed by atoms with Crippen molar-refractivity contribution < 1.29 is 4.79 Å². The number of carbonyl (C=O) groups excluding carboxylic acids is 1. The molecule has 1 aromatic heterocycles. The van der Waals surface area contributed by atoms with Crippen LogP contribution in [0.3, 0.4) is 0 Å². The minimum absolute atomic E-state index is 0.0443. The summed E-state index contributed by atoms with van der Waals surface area (Å²) in [5.41, 5.74) is 0.620. The minimum atomic E-state index is -0.0505. The Labute approximate surface area is 126 Å². The van der Waals surface area contributed by atoms with E-state index in [1.807, 2.05) is 30.3 Å². The van der Waals surface area contributed by atoms with Crippen LogP contribution in [0.2, 0.25) is 0 Å². The molecule has 0 unspecified atom stereocenters. The van der Waals surface area contributed by atoms with E-state index in [1.54, 1.807) is 11.3 Å². The molecule has 0 fully saturated rings. The second-order valence-corrected chi connectivity index (χ2v) is 6.83. The Morgan fingerprint density at radius 1 is 1.26 bits per heavy atom. The molecule has 2 aromatic rings. The number of thiophene rings is 1. The van der Waals surface area contributed by atoms with Crippen molar-refractivity contribution in [1.29, 1.82) is 0 Å². The molecule has 2 rings (SSSR count). The van der Waals surface area contributed by atoms with E-state index >= 15 is 0 Å². The van der Waals surface area contributed by atoms with Gasteiger partial charge in [0, 0.05) is 21.3 Å². The van der Waals surface area contributed by atoms with Crippen molar-refractivity contribution in [3.8, 4) is 0 Å². The third-order valence-corrected chi connectivity index (χ3v) is 4.92. The van der Waals surface area contributed by atoms with Gasteiger partial charge in [0.25, 0.3) is 5.91 Å². The van der Waals surface area contributed by atoms with E-state index in [4.69, 9.17) is 0 Å². The predicted octanol–water partition coefficient (Wildman–Crippen LogP) is 4.22. The van der Waals surface area contributed by atoms with Crippen LogP contribution >= 0.6 is 27.3 Å². The first-order chi connectivity index (χ1) is 9.00. The molecule has 0 saturated heterocycles. The zero-order chi connectivity index (χ0) is 13.9. The van der Waals surface area contributed by atoms with E-state index in [9.17, 15) is 4.79 Å². The quantitative estimate of drug-likeness (QED) is 0.889. The fourth-order valence-electron chi connectivity index (χ4n) is 1.79. The highest BCUT2D eigenvalue weighted by atomic mass is 79.9. The molecule has 0 radical (unpaired) electrons. The van der Waals surface area contributed by atoms with Gasteiger partial charge in [-0.3, -0.25) is 4.79 Å². The summed E-state index contributed by atoms with van der Waals surface area (Å²) in [5.74, 6) is -0.0443. The van der Waals surface area contributed by atoms with Crippen molar-refractivity contribution in [2.75, 3.05) is 6.54 Å². The van der Waals surface area contributed by atoms with Crippen molar-refractivity contribution in [3.05, 3.63) is 56.7 Å². The first-order valence-corrected chi connectivity index (χ1v) is 7.75. The second kappa shape index (κ2) is 5.88. The number of amides is 1. The number of carbonyl (C=O) groups is 1. The molecule has 19 heavy (non-hydrogen) atoms. The maximum Gasteiger partial charge on any atom is 0.252 e. The summed E-state index contributed by atoms with van der Waals surface area (Å²) >= 11 is 5.12. The molecular formula is C15H16BrNOS. The van der Waals surface area contributed by atoms with Crippen molar-refractivity contribution in [2.45, 2.75) is 19.3 Å². The SMILES string of the molecule is CC(C)(CNC(=O)c1ccccc1Br)c1cccs1. The van der Waals surface area contributed by atoms with Crippen molar-refractivity contribution in [1.82, 2.24) is 5.32 Å². The largest absolute Gasteiger partial charge is 0.351 e. The maximum absolute atomic E-state index is 12.1. The zero-order valence-corrected chi connectivity index (χ0v) is 13.3. The average Bonchev–Trinajstić information content (AvgIpc) is 2.91. The van der Waals surface area contributed by atoms with Gasteiger partial charge in [0.2, 0.25) is 0 Å². The van der Waals surface area contributed by atoms with Gasteiger partial charge in [0.15, 0.2) is 0 Å². The van der Waals surface area contributed by atoms with E-state index in [1.165, 1.54) is 4.88 Å². The average molecular weight is 338 g/mol. The molecule has 100 valence electrons. The summed E-state index contributed by atoms with van der Waals surface area (Å²) in [7, 11) is 0. The van der Waals surface area contributed by atoms with E-state index < -0.39 is 0 Å². The third kappa shape index (κ3) is 3.45. The lowest BCUT2D eigenvalue weighted by molar-refractivity contribution is 0.0945. The van der Waals surface area contributed by atoms with E-state index in [-0.39, 0.29) is 11.3 Å². The molecule has 2 nitrogen and oxygen atoms in total. The molecule has 1 amide bonds. The Kier molecular flexibility index (Phi) is 4.42. The highest BCUT2D eigenvalue weighted by Gasteiger charge is 2.23. The molecular weight excluding hydrogens is 322 g/mol. The molecule has 0 aliphatic heterocycles. The number of halogens is 1. The smallest absolute Gasteiger partial charge is 0.252 e. The molecule has 0 spiro atoms. The van der Waals surface area contributed by atoms with Gasteiger partial charge in [-0.1, -0.05) is 32.0 Å². The number of hydrogen-bond acceptors (Lipinski definition) is 2. The number of hydrogen-bond donors (Lipinski definition) is 1. The van der Waals surface area contributed by atoms with E-state index in [0.29, 0.717) is 12.1 Å². The third-order valence-electron chi connectivity index (χ3n) is 3.00. The van der Waals surface area contributed by atoms with Gasteiger partial charge in [0.1, 0.15) is 0 Å². The van der Waals surface area contributed by atoms with Gasteiger partial charge >= 0.3 is 0 Å². The van der Waals surface area contributed by atoms with E-state index in [2.05, 4.69) is 46.5 Å². The molecule has 0 aliphatic carbocycles. The van der Waals surface area contributed by atoms with Gasteiger partial charge in [-0.25, -0.2) is 0 Å². The Hall–Kier alpha value is -1.13. The number of nitrogens with one attached hydrogen (secondary N) is 1. The number of rotatable bonds is 4. The zero-order valence-electron chi connectivity index (χ0n) is 10.9. The van der Waals surface area contributed by atoms with Crippen LogP contribution in [0.4, 0.5) is 0 Å². The van der Waals surface area contributed by atoms with Crippen LogP contribution in [0.5, 0.6) is 0 Å². The lowest BCUT2D eigenvalue weighted by Gasteiger charge is -2.23. The standard InChI is InChI=1S/C15H16BrNOS/c1-15(2,13-8-5-9-19-13)10-17-14(18)11-6-3-4-7-12(11)16/h3-9H,10H2,1-2H3,(H,17,18). The molecule has 4 heteroatoms. The fourth-order valence-corrected chi connectivity index (χ4v) is 3.11. The number of benzene rings is 1. The van der Waals surface area contributed by atoms with Gasteiger partial charge < -0.3 is 5.32 Å². The highest BCUT2D eigenvalue weighted by molar-refractivity contribution is 9.10. The van der Waals surface area contributed by atoms with Crippen molar-refractivity contribution in [3.63, 3.8) is 0 Å². The molecule has 1 aromatic carbocycles. The first kappa shape index (κ1) is 14.3. The van der Waals surface area contributed by atoms with Gasteiger partial charge in [-0.05, 0) is 39.5 Å². The van der Waals surface area contributed by atoms with Crippen LogP contribution in [0.25, 0.3) is 0 Å². The Balaban J connectivity index is 2.03. The summed E-state index contributed by atoms with van der Waals surface area (Å²) in [6, 6.07) is 11.6. The summed E-state index contributed by atoms with van der Waals surface area (Å²) in [4.78, 5) is 13.4. The Bertz CT molecular complexity index is 563. The van der Waals surface area contributed by atoms with Gasteiger partial charge in [-0.15, -0.1) is 11.3 Å². The van der Waals surface area contributed by atoms with Crippen LogP contribution in [-0.4, -0.2) is 12.5 Å². The first-order valence-electron chi connectivity index (χ1n) is 6.07. The van der Waals surface area contributed by atoms with Crippen LogP contribution in [0.1, 0.15) is 29.1 Å². The van der Waals surface area contributed by atoms with Gasteiger partial charge in [-0.2, -0.15) is 0 Å². The Morgan fingerprint density at radius 3 is 2.63 bits per heavy atom. The molecule has 1 N–H and O–H groups in total. The summed E-state index contributed by atoms with van der Waals surface area (Å²) in [5, 5.41) is 5.07. The lowest BCUT2D eigenvalue weighted by atomic mass is 9.91. The highest BCUT2D eigenvalue weighted by Crippen LogP contribution is 2.26. The normalized spacial score (nSPS) is 11.3. The minimum Gasteiger partial charge on any atom is -0.351 e. The van der Waals surface area contributed by atoms with Crippen LogP contribution in [-0.2, 0) is 5.41 Å². The topological polar surface area (TPSA) is 29.1 Å². The summed E-state index contributed by atoms with van der Waals surface area (Å²) in [6.45, 7) is 4.89. The van der Waals surface area contributed by atoms with Crippen LogP contribution in [0, 0.1) is 0 Å². The summed E-state index contributed by atoms with van der Waals surface area (Å²) in [6.07, 6.45) is 0. The van der Waals surface area contributed by atoms with Crippen molar-refractivity contribution in [2.24, 2.45) is 0 Å². The van der Waals surface area contributed by atoms with Crippen LogP contribution in [0.15, 0.2) is 46.3 Å². The van der Waals surface area contributed by atoms with Crippen molar-refractivity contribution >= 4 is 33.2 Å². The monoisotopic (exact) mass is 337 g/mol. The molecule has 1 heterocycles. The van der Waals surface area contributed by atoms with E-state index in [0.717, 1.165) is 4.47 Å². The second-order valence-electron chi connectivity index (χ2n) is 5.02. The van der Waals surface area contributed by atoms with Gasteiger partial charge in [0.05, 0.1) is 5.56 Å². The molecule has 0 atom stereocenters. The molecule has 0 aliphatic rings. The molecule has 0 saturated carbocycles. The maximum atomic E-state index is 12.1. The fraction of sp³-hybridized carbons (Fsp3) is 0.267. The lowest BCUT2D eigenvalue weighted by Crippen LogP contribution is -2.36. The summed E-state index contributed by atoms with van der Waals surface area (Å²) < 4.78 is 0.821. The van der Waals surface area contributed by atoms with Crippen LogP contribution < -0.4 is 5.32 Å². The predicted molar refractivity (Wildman–Crippen MR) is 83.8 cm³/mol.